The second-order valence-electron chi connectivity index (χ2n) is 7.04. The van der Waals surface area contributed by atoms with E-state index in [1.165, 1.54) is 32.5 Å². The first-order valence-corrected chi connectivity index (χ1v) is 9.00. The van der Waals surface area contributed by atoms with Crippen molar-refractivity contribution in [2.45, 2.75) is 33.1 Å². The molecule has 0 saturated carbocycles. The number of piperidine rings is 1. The maximum Gasteiger partial charge on any atom is 0.193 e. The molecule has 2 unspecified atom stereocenters. The molecule has 2 atom stereocenters. The third-order valence-corrected chi connectivity index (χ3v) is 4.45. The van der Waals surface area contributed by atoms with Gasteiger partial charge in [0, 0.05) is 31.4 Å². The average Bonchev–Trinajstić information content (AvgIpc) is 2.54. The Morgan fingerprint density at radius 2 is 2.00 bits per heavy atom. The fourth-order valence-electron chi connectivity index (χ4n) is 3.51. The highest BCUT2D eigenvalue weighted by Crippen LogP contribution is 2.21. The predicted octanol–water partition coefficient (Wildman–Crippen LogP) is 3.80. The van der Waals surface area contributed by atoms with Crippen LogP contribution in [0.1, 0.15) is 33.1 Å². The molecule has 25 heavy (non-hydrogen) atoms. The standard InChI is InChI=1S/C19H32N4O.HI/c1-15-11-16(2)14-23(13-15)10-5-4-9-21-19(20)22-17-7-6-8-18(12-17)24-3;/h6-8,12,15-16H,4-5,9-11,13-14H2,1-3H3,(H3,20,21,22);1H. The van der Waals surface area contributed by atoms with Crippen LogP contribution >= 0.6 is 24.0 Å². The molecule has 0 radical (unpaired) electrons. The number of nitrogens with one attached hydrogen (secondary N) is 1. The normalized spacial score (nSPS) is 21.5. The largest absolute Gasteiger partial charge is 0.497 e. The highest BCUT2D eigenvalue weighted by atomic mass is 127. The molecule has 3 N–H and O–H groups in total. The minimum atomic E-state index is 0. The summed E-state index contributed by atoms with van der Waals surface area (Å²) in [7, 11) is 1.65. The van der Waals surface area contributed by atoms with Gasteiger partial charge >= 0.3 is 0 Å². The topological polar surface area (TPSA) is 62.9 Å². The molecule has 0 aromatic heterocycles. The zero-order chi connectivity index (χ0) is 17.4. The number of ether oxygens (including phenoxy) is 1. The van der Waals surface area contributed by atoms with E-state index in [0.29, 0.717) is 5.96 Å². The van der Waals surface area contributed by atoms with Gasteiger partial charge in [-0.25, -0.2) is 0 Å². The predicted molar refractivity (Wildman–Crippen MR) is 117 cm³/mol. The lowest BCUT2D eigenvalue weighted by atomic mass is 9.92. The number of aliphatic imine (C=N–C) groups is 1. The summed E-state index contributed by atoms with van der Waals surface area (Å²) in [5, 5.41) is 3.11. The third kappa shape index (κ3) is 8.27. The van der Waals surface area contributed by atoms with Crippen molar-refractivity contribution in [2.24, 2.45) is 22.6 Å². The van der Waals surface area contributed by atoms with Crippen molar-refractivity contribution >= 4 is 35.6 Å². The Labute approximate surface area is 169 Å². The first-order chi connectivity index (χ1) is 11.6. The molecular weight excluding hydrogens is 427 g/mol. The van der Waals surface area contributed by atoms with E-state index in [4.69, 9.17) is 10.5 Å². The number of methoxy groups -OCH3 is 1. The summed E-state index contributed by atoms with van der Waals surface area (Å²) >= 11 is 0. The van der Waals surface area contributed by atoms with Gasteiger partial charge in [0.15, 0.2) is 5.96 Å². The molecule has 1 aromatic carbocycles. The van der Waals surface area contributed by atoms with E-state index in [0.717, 1.165) is 36.2 Å². The van der Waals surface area contributed by atoms with Gasteiger partial charge in [-0.1, -0.05) is 19.9 Å². The minimum absolute atomic E-state index is 0. The lowest BCUT2D eigenvalue weighted by Crippen LogP contribution is -2.39. The van der Waals surface area contributed by atoms with Crippen LogP contribution in [0, 0.1) is 11.8 Å². The quantitative estimate of drug-likeness (QED) is 0.281. The van der Waals surface area contributed by atoms with E-state index in [1.807, 2.05) is 24.3 Å². The molecule has 142 valence electrons. The summed E-state index contributed by atoms with van der Waals surface area (Å²) in [6, 6.07) is 7.68. The van der Waals surface area contributed by atoms with Gasteiger partial charge in [-0.3, -0.25) is 4.99 Å². The maximum absolute atomic E-state index is 5.95. The van der Waals surface area contributed by atoms with Gasteiger partial charge in [0.2, 0.25) is 0 Å². The van der Waals surface area contributed by atoms with Gasteiger partial charge in [0.05, 0.1) is 7.11 Å². The minimum Gasteiger partial charge on any atom is -0.497 e. The van der Waals surface area contributed by atoms with Crippen LogP contribution < -0.4 is 15.8 Å². The van der Waals surface area contributed by atoms with Crippen molar-refractivity contribution in [2.75, 3.05) is 38.6 Å². The van der Waals surface area contributed by atoms with Crippen molar-refractivity contribution in [1.29, 1.82) is 0 Å². The number of hydrogen-bond donors (Lipinski definition) is 2. The van der Waals surface area contributed by atoms with Crippen LogP contribution in [0.3, 0.4) is 0 Å². The van der Waals surface area contributed by atoms with Gasteiger partial charge in [-0.2, -0.15) is 0 Å². The van der Waals surface area contributed by atoms with Crippen LogP contribution in [-0.2, 0) is 0 Å². The molecule has 0 spiro atoms. The second-order valence-corrected chi connectivity index (χ2v) is 7.04. The third-order valence-electron chi connectivity index (χ3n) is 4.45. The summed E-state index contributed by atoms with van der Waals surface area (Å²) in [6.45, 7) is 9.14. The Morgan fingerprint density at radius 1 is 1.28 bits per heavy atom. The van der Waals surface area contributed by atoms with E-state index in [-0.39, 0.29) is 24.0 Å². The average molecular weight is 460 g/mol. The van der Waals surface area contributed by atoms with Crippen LogP contribution in [0.15, 0.2) is 29.3 Å². The lowest BCUT2D eigenvalue weighted by Gasteiger charge is -2.34. The lowest BCUT2D eigenvalue weighted by molar-refractivity contribution is 0.139. The van der Waals surface area contributed by atoms with E-state index in [9.17, 15) is 0 Å². The van der Waals surface area contributed by atoms with Crippen molar-refractivity contribution in [1.82, 2.24) is 4.90 Å². The highest BCUT2D eigenvalue weighted by molar-refractivity contribution is 14.0. The number of benzene rings is 1. The smallest absolute Gasteiger partial charge is 0.193 e. The zero-order valence-electron chi connectivity index (χ0n) is 15.7. The van der Waals surface area contributed by atoms with Crippen molar-refractivity contribution in [3.8, 4) is 5.75 Å². The summed E-state index contributed by atoms with van der Waals surface area (Å²) < 4.78 is 5.20. The molecule has 6 heteroatoms. The Balaban J connectivity index is 0.00000312. The number of halogens is 1. The van der Waals surface area contributed by atoms with Crippen LogP contribution in [0.5, 0.6) is 5.75 Å². The monoisotopic (exact) mass is 460 g/mol. The number of anilines is 1. The molecule has 2 rings (SSSR count). The number of rotatable bonds is 7. The van der Waals surface area contributed by atoms with Gasteiger partial charge in [-0.05, 0) is 49.8 Å². The number of hydrogen-bond acceptors (Lipinski definition) is 3. The van der Waals surface area contributed by atoms with Gasteiger partial charge in [0.25, 0.3) is 0 Å². The summed E-state index contributed by atoms with van der Waals surface area (Å²) in [4.78, 5) is 7.01. The summed E-state index contributed by atoms with van der Waals surface area (Å²) in [5.41, 5.74) is 6.84. The summed E-state index contributed by atoms with van der Waals surface area (Å²) in [6.07, 6.45) is 3.61. The van der Waals surface area contributed by atoms with Gasteiger partial charge in [-0.15, -0.1) is 24.0 Å². The molecule has 1 aliphatic heterocycles. The van der Waals surface area contributed by atoms with Crippen LogP contribution in [0.4, 0.5) is 5.69 Å². The number of unbranched alkanes of at least 4 members (excludes halogenated alkanes) is 1. The van der Waals surface area contributed by atoms with Crippen LogP contribution in [-0.4, -0.2) is 44.1 Å². The first-order valence-electron chi connectivity index (χ1n) is 9.00. The van der Waals surface area contributed by atoms with Gasteiger partial charge < -0.3 is 20.7 Å². The van der Waals surface area contributed by atoms with Crippen molar-refractivity contribution in [3.63, 3.8) is 0 Å². The van der Waals surface area contributed by atoms with Crippen molar-refractivity contribution in [3.05, 3.63) is 24.3 Å². The Morgan fingerprint density at radius 3 is 2.68 bits per heavy atom. The Kier molecular flexibility index (Phi) is 10.2. The SMILES string of the molecule is COc1cccc(NC(N)=NCCCCN2CC(C)CC(C)C2)c1.I. The molecule has 1 fully saturated rings. The van der Waals surface area contributed by atoms with Crippen molar-refractivity contribution < 1.29 is 4.74 Å². The molecule has 0 amide bonds. The van der Waals surface area contributed by atoms with E-state index in [1.54, 1.807) is 7.11 Å². The molecule has 1 aliphatic rings. The van der Waals surface area contributed by atoms with E-state index < -0.39 is 0 Å². The molecule has 1 heterocycles. The molecule has 5 nitrogen and oxygen atoms in total. The zero-order valence-corrected chi connectivity index (χ0v) is 18.0. The molecule has 1 saturated heterocycles. The van der Waals surface area contributed by atoms with Crippen LogP contribution in [0.2, 0.25) is 0 Å². The first kappa shape index (κ1) is 22.0. The highest BCUT2D eigenvalue weighted by Gasteiger charge is 2.20. The van der Waals surface area contributed by atoms with E-state index in [2.05, 4.69) is 29.1 Å². The number of nitrogens with two attached hydrogens (primary N) is 1. The van der Waals surface area contributed by atoms with Gasteiger partial charge in [0.1, 0.15) is 5.75 Å². The number of guanidine groups is 1. The molecular formula is C19H33IN4O. The maximum atomic E-state index is 5.95. The molecule has 0 aliphatic carbocycles. The van der Waals surface area contributed by atoms with E-state index >= 15 is 0 Å². The van der Waals surface area contributed by atoms with Crippen LogP contribution in [0.25, 0.3) is 0 Å². The fourth-order valence-corrected chi connectivity index (χ4v) is 3.51. The Hall–Kier alpha value is -1.02. The Bertz CT molecular complexity index is 528. The number of nitrogens with zero attached hydrogens (tertiary/aromatic N) is 2. The molecule has 0 bridgehead atoms. The molecule has 1 aromatic rings. The number of likely N-dealkylation sites (tertiary alicyclic amines) is 1. The summed E-state index contributed by atoms with van der Waals surface area (Å²) in [5.74, 6) is 2.92. The second kappa shape index (κ2) is 11.6. The fraction of sp³-hybridized carbons (Fsp3) is 0.632.